The lowest BCUT2D eigenvalue weighted by Gasteiger charge is -2.09. The summed E-state index contributed by atoms with van der Waals surface area (Å²) in [5.74, 6) is 2.19. The minimum Gasteiger partial charge on any atom is -0.494 e. The summed E-state index contributed by atoms with van der Waals surface area (Å²) in [6, 6.07) is 7.87. The Kier molecular flexibility index (Phi) is 3.72. The maximum absolute atomic E-state index is 5.64. The first kappa shape index (κ1) is 11.3. The molecule has 0 amide bonds. The van der Waals surface area contributed by atoms with E-state index in [4.69, 9.17) is 10.5 Å². The number of hydrogen-bond acceptors (Lipinski definition) is 3. The first-order valence-corrected chi connectivity index (χ1v) is 6.13. The van der Waals surface area contributed by atoms with Crippen molar-refractivity contribution in [1.82, 2.24) is 5.32 Å². The van der Waals surface area contributed by atoms with Gasteiger partial charge in [-0.2, -0.15) is 0 Å². The number of ether oxygens (including phenoxy) is 1. The Labute approximate surface area is 104 Å². The molecule has 4 heteroatoms. The van der Waals surface area contributed by atoms with Gasteiger partial charge in [0.2, 0.25) is 0 Å². The third-order valence-corrected chi connectivity index (χ3v) is 3.08. The second-order valence-corrected chi connectivity index (χ2v) is 4.77. The fraction of sp³-hybridized carbons (Fsp3) is 0.333. The van der Waals surface area contributed by atoms with Gasteiger partial charge in [-0.25, -0.2) is 0 Å². The van der Waals surface area contributed by atoms with E-state index >= 15 is 0 Å². The summed E-state index contributed by atoms with van der Waals surface area (Å²) in [5, 5.41) is 3.10. The first-order valence-electron chi connectivity index (χ1n) is 5.33. The Morgan fingerprint density at radius 2 is 2.12 bits per heavy atom. The number of rotatable bonds is 4. The molecule has 0 spiro atoms. The predicted octanol–water partition coefficient (Wildman–Crippen LogP) is 2.24. The molecule has 1 atom stereocenters. The van der Waals surface area contributed by atoms with E-state index in [9.17, 15) is 0 Å². The van der Waals surface area contributed by atoms with Crippen LogP contribution in [0.2, 0.25) is 0 Å². The summed E-state index contributed by atoms with van der Waals surface area (Å²) < 4.78 is 6.70. The molecule has 1 aromatic carbocycles. The van der Waals surface area contributed by atoms with Crippen molar-refractivity contribution in [2.24, 2.45) is 11.7 Å². The number of benzene rings is 1. The highest BCUT2D eigenvalue weighted by Crippen LogP contribution is 2.17. The standard InChI is InChI=1S/C12H15BrN2O/c13-10-1-3-11(4-2-10)16-6-5-9-7-12(14)15-8-9/h1-4,7,9,15H,5-6,8,14H2/t9-/m0/s1. The van der Waals surface area contributed by atoms with Gasteiger partial charge in [-0.15, -0.1) is 0 Å². The molecular formula is C12H15BrN2O. The summed E-state index contributed by atoms with van der Waals surface area (Å²) in [4.78, 5) is 0. The smallest absolute Gasteiger partial charge is 0.119 e. The van der Waals surface area contributed by atoms with Crippen molar-refractivity contribution in [3.63, 3.8) is 0 Å². The highest BCUT2D eigenvalue weighted by Gasteiger charge is 2.12. The molecule has 0 aliphatic carbocycles. The topological polar surface area (TPSA) is 47.3 Å². The fourth-order valence-corrected chi connectivity index (χ4v) is 1.93. The molecule has 0 aromatic heterocycles. The molecule has 2 rings (SSSR count). The van der Waals surface area contributed by atoms with E-state index < -0.39 is 0 Å². The summed E-state index contributed by atoms with van der Waals surface area (Å²) in [6.45, 7) is 1.65. The van der Waals surface area contributed by atoms with Gasteiger partial charge < -0.3 is 15.8 Å². The van der Waals surface area contributed by atoms with E-state index in [1.165, 1.54) is 0 Å². The number of halogens is 1. The van der Waals surface area contributed by atoms with Crippen LogP contribution in [0.5, 0.6) is 5.75 Å². The lowest BCUT2D eigenvalue weighted by atomic mass is 10.1. The molecule has 0 saturated heterocycles. The van der Waals surface area contributed by atoms with Crippen LogP contribution in [0.25, 0.3) is 0 Å². The number of nitrogens with two attached hydrogens (primary N) is 1. The van der Waals surface area contributed by atoms with Gasteiger partial charge in [-0.1, -0.05) is 15.9 Å². The molecule has 16 heavy (non-hydrogen) atoms. The van der Waals surface area contributed by atoms with Crippen molar-refractivity contribution in [1.29, 1.82) is 0 Å². The zero-order valence-corrected chi connectivity index (χ0v) is 10.5. The van der Waals surface area contributed by atoms with E-state index in [1.54, 1.807) is 0 Å². The van der Waals surface area contributed by atoms with Crippen molar-refractivity contribution in [3.8, 4) is 5.75 Å². The van der Waals surface area contributed by atoms with Gasteiger partial charge in [0.05, 0.1) is 12.4 Å². The van der Waals surface area contributed by atoms with Crippen molar-refractivity contribution < 1.29 is 4.74 Å². The van der Waals surface area contributed by atoms with Gasteiger partial charge in [0, 0.05) is 16.9 Å². The number of nitrogens with one attached hydrogen (secondary N) is 1. The van der Waals surface area contributed by atoms with E-state index in [1.807, 2.05) is 24.3 Å². The molecule has 1 aliphatic rings. The fourth-order valence-electron chi connectivity index (χ4n) is 1.67. The van der Waals surface area contributed by atoms with Crippen molar-refractivity contribution in [2.45, 2.75) is 6.42 Å². The molecule has 0 saturated carbocycles. The van der Waals surface area contributed by atoms with Crippen molar-refractivity contribution in [2.75, 3.05) is 13.2 Å². The maximum atomic E-state index is 5.64. The third kappa shape index (κ3) is 3.17. The average Bonchev–Trinajstić information content (AvgIpc) is 2.67. The zero-order valence-electron chi connectivity index (χ0n) is 8.95. The van der Waals surface area contributed by atoms with Crippen LogP contribution < -0.4 is 15.8 Å². The minimum atomic E-state index is 0.496. The van der Waals surface area contributed by atoms with Crippen LogP contribution in [0.4, 0.5) is 0 Å². The summed E-state index contributed by atoms with van der Waals surface area (Å²) in [6.07, 6.45) is 3.05. The summed E-state index contributed by atoms with van der Waals surface area (Å²) in [5.41, 5.74) is 5.63. The second kappa shape index (κ2) is 5.25. The lowest BCUT2D eigenvalue weighted by Crippen LogP contribution is -2.17. The molecule has 0 radical (unpaired) electrons. The lowest BCUT2D eigenvalue weighted by molar-refractivity contribution is 0.293. The predicted molar refractivity (Wildman–Crippen MR) is 68.0 cm³/mol. The van der Waals surface area contributed by atoms with E-state index in [0.29, 0.717) is 5.92 Å². The van der Waals surface area contributed by atoms with Gasteiger partial charge in [-0.05, 0) is 36.8 Å². The van der Waals surface area contributed by atoms with Gasteiger partial charge in [0.1, 0.15) is 5.75 Å². The Morgan fingerprint density at radius 3 is 2.75 bits per heavy atom. The minimum absolute atomic E-state index is 0.496. The van der Waals surface area contributed by atoms with Gasteiger partial charge in [-0.3, -0.25) is 0 Å². The molecule has 3 nitrogen and oxygen atoms in total. The van der Waals surface area contributed by atoms with Gasteiger partial charge in [0.25, 0.3) is 0 Å². The molecule has 3 N–H and O–H groups in total. The molecule has 1 heterocycles. The van der Waals surface area contributed by atoms with Crippen LogP contribution in [-0.4, -0.2) is 13.2 Å². The maximum Gasteiger partial charge on any atom is 0.119 e. The zero-order chi connectivity index (χ0) is 11.4. The third-order valence-electron chi connectivity index (χ3n) is 2.55. The Hall–Kier alpha value is -1.16. The highest BCUT2D eigenvalue weighted by molar-refractivity contribution is 9.10. The average molecular weight is 283 g/mol. The summed E-state index contributed by atoms with van der Waals surface area (Å²) in [7, 11) is 0. The molecule has 0 fully saturated rings. The number of hydrogen-bond donors (Lipinski definition) is 2. The second-order valence-electron chi connectivity index (χ2n) is 3.85. The molecule has 1 aliphatic heterocycles. The van der Waals surface area contributed by atoms with E-state index in [-0.39, 0.29) is 0 Å². The Morgan fingerprint density at radius 1 is 1.38 bits per heavy atom. The quantitative estimate of drug-likeness (QED) is 0.891. The van der Waals surface area contributed by atoms with Crippen LogP contribution in [-0.2, 0) is 0 Å². The molecule has 0 unspecified atom stereocenters. The SMILES string of the molecule is NC1=C[C@H](CCOc2ccc(Br)cc2)CN1. The van der Waals surface area contributed by atoms with Crippen LogP contribution in [0.15, 0.2) is 40.6 Å². The molecule has 1 aromatic rings. The van der Waals surface area contributed by atoms with Crippen LogP contribution in [0.1, 0.15) is 6.42 Å². The van der Waals surface area contributed by atoms with Crippen molar-refractivity contribution >= 4 is 15.9 Å². The van der Waals surface area contributed by atoms with Gasteiger partial charge >= 0.3 is 0 Å². The molecule has 86 valence electrons. The van der Waals surface area contributed by atoms with Crippen LogP contribution in [0.3, 0.4) is 0 Å². The van der Waals surface area contributed by atoms with E-state index in [0.717, 1.165) is 35.6 Å². The normalized spacial score (nSPS) is 19.1. The van der Waals surface area contributed by atoms with Crippen molar-refractivity contribution in [3.05, 3.63) is 40.6 Å². The molecular weight excluding hydrogens is 268 g/mol. The van der Waals surface area contributed by atoms with E-state index in [2.05, 4.69) is 27.3 Å². The largest absolute Gasteiger partial charge is 0.494 e. The first-order chi connectivity index (χ1) is 7.74. The Bertz CT molecular complexity index is 375. The monoisotopic (exact) mass is 282 g/mol. The van der Waals surface area contributed by atoms with Crippen LogP contribution >= 0.6 is 15.9 Å². The highest BCUT2D eigenvalue weighted by atomic mass is 79.9. The summed E-state index contributed by atoms with van der Waals surface area (Å²) >= 11 is 3.39. The van der Waals surface area contributed by atoms with Gasteiger partial charge in [0.15, 0.2) is 0 Å². The Balaban J connectivity index is 1.74. The van der Waals surface area contributed by atoms with Crippen LogP contribution in [0, 0.1) is 5.92 Å². The molecule has 0 bridgehead atoms.